The standard InChI is InChI=1S/C14H19FN2O.ClH/c1-17(14(18)12-6-8-16-10-12)9-7-11-2-4-13(15)5-3-11;/h2-5,12,16H,6-10H2,1H3;1H. The molecule has 1 aromatic carbocycles. The largest absolute Gasteiger partial charge is 0.345 e. The molecule has 1 fully saturated rings. The van der Waals surface area contributed by atoms with Gasteiger partial charge in [0.1, 0.15) is 5.82 Å². The highest BCUT2D eigenvalue weighted by Crippen LogP contribution is 2.11. The predicted octanol–water partition coefficient (Wildman–Crippen LogP) is 1.86. The first-order chi connectivity index (χ1) is 8.66. The van der Waals surface area contributed by atoms with Crippen molar-refractivity contribution in [1.82, 2.24) is 10.2 Å². The molecule has 0 aromatic heterocycles. The number of nitrogens with zero attached hydrogens (tertiary/aromatic N) is 1. The Kier molecular flexibility index (Phi) is 6.25. The fourth-order valence-corrected chi connectivity index (χ4v) is 2.24. The number of halogens is 2. The van der Waals surface area contributed by atoms with Crippen LogP contribution in [0, 0.1) is 11.7 Å². The van der Waals surface area contributed by atoms with Gasteiger partial charge in [-0.2, -0.15) is 0 Å². The molecule has 0 spiro atoms. The lowest BCUT2D eigenvalue weighted by atomic mass is 10.1. The fourth-order valence-electron chi connectivity index (χ4n) is 2.24. The molecule has 1 saturated heterocycles. The van der Waals surface area contributed by atoms with Crippen molar-refractivity contribution in [3.8, 4) is 0 Å². The first kappa shape index (κ1) is 15.9. The third-order valence-electron chi connectivity index (χ3n) is 3.43. The van der Waals surface area contributed by atoms with Crippen LogP contribution >= 0.6 is 12.4 Å². The topological polar surface area (TPSA) is 32.3 Å². The number of hydrogen-bond acceptors (Lipinski definition) is 2. The minimum Gasteiger partial charge on any atom is -0.345 e. The molecule has 0 saturated carbocycles. The molecule has 0 radical (unpaired) electrons. The maximum Gasteiger partial charge on any atom is 0.226 e. The van der Waals surface area contributed by atoms with E-state index in [2.05, 4.69) is 5.32 Å². The lowest BCUT2D eigenvalue weighted by molar-refractivity contribution is -0.133. The summed E-state index contributed by atoms with van der Waals surface area (Å²) >= 11 is 0. The second-order valence-electron chi connectivity index (χ2n) is 4.83. The number of hydrogen-bond donors (Lipinski definition) is 1. The Morgan fingerprint density at radius 3 is 2.68 bits per heavy atom. The number of likely N-dealkylation sites (N-methyl/N-ethyl adjacent to an activating group) is 1. The van der Waals surface area contributed by atoms with Gasteiger partial charge >= 0.3 is 0 Å². The Morgan fingerprint density at radius 1 is 1.42 bits per heavy atom. The molecule has 1 amide bonds. The summed E-state index contributed by atoms with van der Waals surface area (Å²) < 4.78 is 12.7. The van der Waals surface area contributed by atoms with Crippen LogP contribution in [0.15, 0.2) is 24.3 Å². The highest BCUT2D eigenvalue weighted by atomic mass is 35.5. The van der Waals surface area contributed by atoms with Crippen molar-refractivity contribution >= 4 is 18.3 Å². The van der Waals surface area contributed by atoms with Crippen LogP contribution in [-0.2, 0) is 11.2 Å². The number of benzene rings is 1. The molecule has 1 aliphatic rings. The smallest absolute Gasteiger partial charge is 0.226 e. The molecule has 1 aromatic rings. The Balaban J connectivity index is 0.00000180. The minimum absolute atomic E-state index is 0. The normalized spacial score (nSPS) is 17.9. The molecular weight excluding hydrogens is 267 g/mol. The molecule has 1 N–H and O–H groups in total. The van der Waals surface area contributed by atoms with Crippen molar-refractivity contribution in [3.63, 3.8) is 0 Å². The van der Waals surface area contributed by atoms with Gasteiger partial charge in [-0.1, -0.05) is 12.1 Å². The second-order valence-corrected chi connectivity index (χ2v) is 4.83. The van der Waals surface area contributed by atoms with Crippen molar-refractivity contribution in [2.45, 2.75) is 12.8 Å². The lowest BCUT2D eigenvalue weighted by Crippen LogP contribution is -2.35. The van der Waals surface area contributed by atoms with Gasteiger partial charge in [0.05, 0.1) is 5.92 Å². The Bertz CT molecular complexity index is 404. The summed E-state index contributed by atoms with van der Waals surface area (Å²) in [6, 6.07) is 6.45. The van der Waals surface area contributed by atoms with Crippen LogP contribution in [0.3, 0.4) is 0 Å². The molecule has 1 heterocycles. The average Bonchev–Trinajstić information content (AvgIpc) is 2.90. The lowest BCUT2D eigenvalue weighted by Gasteiger charge is -2.20. The second kappa shape index (κ2) is 7.46. The third-order valence-corrected chi connectivity index (χ3v) is 3.43. The summed E-state index contributed by atoms with van der Waals surface area (Å²) in [5, 5.41) is 3.20. The number of carbonyl (C=O) groups excluding carboxylic acids is 1. The molecule has 1 atom stereocenters. The molecular formula is C14H20ClFN2O. The predicted molar refractivity (Wildman–Crippen MR) is 76.0 cm³/mol. The van der Waals surface area contributed by atoms with Gasteiger partial charge in [-0.3, -0.25) is 4.79 Å². The van der Waals surface area contributed by atoms with E-state index in [1.807, 2.05) is 7.05 Å². The van der Waals surface area contributed by atoms with Crippen LogP contribution in [0.1, 0.15) is 12.0 Å². The van der Waals surface area contributed by atoms with Crippen LogP contribution in [0.25, 0.3) is 0 Å². The summed E-state index contributed by atoms with van der Waals surface area (Å²) in [4.78, 5) is 13.8. The molecule has 5 heteroatoms. The number of amides is 1. The zero-order chi connectivity index (χ0) is 13.0. The van der Waals surface area contributed by atoms with Gasteiger partial charge in [-0.05, 0) is 37.1 Å². The van der Waals surface area contributed by atoms with Gasteiger partial charge in [0, 0.05) is 20.1 Å². The molecule has 3 nitrogen and oxygen atoms in total. The van der Waals surface area contributed by atoms with Crippen LogP contribution in [0.4, 0.5) is 4.39 Å². The SMILES string of the molecule is CN(CCc1ccc(F)cc1)C(=O)C1CCNC1.Cl. The molecule has 1 aliphatic heterocycles. The molecule has 0 aliphatic carbocycles. The van der Waals surface area contributed by atoms with Crippen LogP contribution < -0.4 is 5.32 Å². The number of rotatable bonds is 4. The van der Waals surface area contributed by atoms with Crippen molar-refractivity contribution < 1.29 is 9.18 Å². The van der Waals surface area contributed by atoms with Gasteiger partial charge in [0.2, 0.25) is 5.91 Å². The molecule has 19 heavy (non-hydrogen) atoms. The van der Waals surface area contributed by atoms with Gasteiger partial charge in [-0.25, -0.2) is 4.39 Å². The van der Waals surface area contributed by atoms with E-state index in [-0.39, 0.29) is 30.0 Å². The van der Waals surface area contributed by atoms with E-state index in [1.54, 1.807) is 17.0 Å². The summed E-state index contributed by atoms with van der Waals surface area (Å²) in [7, 11) is 1.84. The Hall–Kier alpha value is -1.13. The average molecular weight is 287 g/mol. The zero-order valence-electron chi connectivity index (χ0n) is 11.1. The summed E-state index contributed by atoms with van der Waals surface area (Å²) in [6.45, 7) is 2.41. The van der Waals surface area contributed by atoms with E-state index in [4.69, 9.17) is 0 Å². The highest BCUT2D eigenvalue weighted by molar-refractivity contribution is 5.85. The molecule has 1 unspecified atom stereocenters. The Labute approximate surface area is 119 Å². The maximum absolute atomic E-state index is 12.7. The molecule has 0 bridgehead atoms. The summed E-state index contributed by atoms with van der Waals surface area (Å²) in [5.41, 5.74) is 1.06. The van der Waals surface area contributed by atoms with Gasteiger partial charge in [0.15, 0.2) is 0 Å². The number of nitrogens with one attached hydrogen (secondary N) is 1. The van der Waals surface area contributed by atoms with Gasteiger partial charge < -0.3 is 10.2 Å². The first-order valence-electron chi connectivity index (χ1n) is 6.37. The van der Waals surface area contributed by atoms with E-state index in [1.165, 1.54) is 12.1 Å². The molecule has 2 rings (SSSR count). The van der Waals surface area contributed by atoms with E-state index in [9.17, 15) is 9.18 Å². The summed E-state index contributed by atoms with van der Waals surface area (Å²) in [5.74, 6) is 0.116. The van der Waals surface area contributed by atoms with E-state index in [0.717, 1.165) is 31.5 Å². The van der Waals surface area contributed by atoms with E-state index < -0.39 is 0 Å². The highest BCUT2D eigenvalue weighted by Gasteiger charge is 2.24. The molecule has 106 valence electrons. The number of carbonyl (C=O) groups is 1. The van der Waals surface area contributed by atoms with Crippen molar-refractivity contribution in [1.29, 1.82) is 0 Å². The minimum atomic E-state index is -0.222. The van der Waals surface area contributed by atoms with Crippen molar-refractivity contribution in [2.75, 3.05) is 26.7 Å². The van der Waals surface area contributed by atoms with E-state index >= 15 is 0 Å². The van der Waals surface area contributed by atoms with Crippen LogP contribution in [0.5, 0.6) is 0 Å². The maximum atomic E-state index is 12.7. The zero-order valence-corrected chi connectivity index (χ0v) is 11.9. The Morgan fingerprint density at radius 2 is 2.11 bits per heavy atom. The van der Waals surface area contributed by atoms with Gasteiger partial charge in [-0.15, -0.1) is 12.4 Å². The van der Waals surface area contributed by atoms with Gasteiger partial charge in [0.25, 0.3) is 0 Å². The first-order valence-corrected chi connectivity index (χ1v) is 6.37. The quantitative estimate of drug-likeness (QED) is 0.916. The third kappa shape index (κ3) is 4.48. The van der Waals surface area contributed by atoms with Crippen LogP contribution in [0.2, 0.25) is 0 Å². The van der Waals surface area contributed by atoms with Crippen molar-refractivity contribution in [3.05, 3.63) is 35.6 Å². The van der Waals surface area contributed by atoms with Crippen molar-refractivity contribution in [2.24, 2.45) is 5.92 Å². The fraction of sp³-hybridized carbons (Fsp3) is 0.500. The summed E-state index contributed by atoms with van der Waals surface area (Å²) in [6.07, 6.45) is 1.70. The van der Waals surface area contributed by atoms with E-state index in [0.29, 0.717) is 6.54 Å². The monoisotopic (exact) mass is 286 g/mol. The van der Waals surface area contributed by atoms with Crippen LogP contribution in [-0.4, -0.2) is 37.5 Å².